The highest BCUT2D eigenvalue weighted by Crippen LogP contribution is 2.30. The van der Waals surface area contributed by atoms with Crippen molar-refractivity contribution in [1.82, 2.24) is 9.97 Å². The molecule has 0 aliphatic rings. The standard InChI is InChI=1S/C21H22N2.C15H16N2.C4H10O.CH4/c1-15-13-16(2)20(17(3)14-15)23-21(18-9-5-4-6-10-18)19-11-7-8-12-22-19;1-11-8-12(2)15(13(3)9-11)17-10-14-6-4-5-7-16-14;1-3-5-4-2;/h4-14,21,23H,1-3H3;4-10H,1-3H3;3-4H2,1-2H3;1H4. The van der Waals surface area contributed by atoms with Gasteiger partial charge in [0.2, 0.25) is 0 Å². The molecule has 0 aliphatic carbocycles. The SMILES string of the molecule is C.CCOCC.Cc1cc(C)c(N=Cc2ccccn2)c(C)c1.Cc1cc(C)c(NC(c2ccccc2)c2ccccn2)c(C)c1. The highest BCUT2D eigenvalue weighted by molar-refractivity contribution is 5.80. The van der Waals surface area contributed by atoms with E-state index in [9.17, 15) is 0 Å². The molecule has 0 saturated heterocycles. The molecule has 1 N–H and O–H groups in total. The van der Waals surface area contributed by atoms with Crippen LogP contribution in [-0.4, -0.2) is 29.4 Å². The van der Waals surface area contributed by atoms with Gasteiger partial charge in [-0.1, -0.05) is 85.3 Å². The summed E-state index contributed by atoms with van der Waals surface area (Å²) in [6.45, 7) is 18.4. The number of pyridine rings is 2. The van der Waals surface area contributed by atoms with E-state index in [2.05, 4.69) is 116 Å². The van der Waals surface area contributed by atoms with Crippen LogP contribution in [0.25, 0.3) is 0 Å². The molecule has 0 spiro atoms. The molecule has 0 fully saturated rings. The van der Waals surface area contributed by atoms with E-state index in [4.69, 9.17) is 4.74 Å². The first-order valence-corrected chi connectivity index (χ1v) is 15.6. The van der Waals surface area contributed by atoms with E-state index in [1.807, 2.05) is 62.7 Å². The molecule has 1 atom stereocenters. The summed E-state index contributed by atoms with van der Waals surface area (Å²) in [5, 5.41) is 3.71. The van der Waals surface area contributed by atoms with Crippen molar-refractivity contribution in [3.05, 3.63) is 154 Å². The van der Waals surface area contributed by atoms with Crippen LogP contribution in [0.2, 0.25) is 0 Å². The summed E-state index contributed by atoms with van der Waals surface area (Å²) in [6.07, 6.45) is 5.43. The van der Waals surface area contributed by atoms with Gasteiger partial charge in [0, 0.05) is 31.3 Å². The molecule has 5 heteroatoms. The Morgan fingerprint density at radius 2 is 1.20 bits per heavy atom. The average Bonchev–Trinajstić information content (AvgIpc) is 3.03. The van der Waals surface area contributed by atoms with Crippen LogP contribution in [0, 0.1) is 41.5 Å². The van der Waals surface area contributed by atoms with Gasteiger partial charge in [0.05, 0.1) is 29.3 Å². The van der Waals surface area contributed by atoms with Crippen LogP contribution in [0.4, 0.5) is 11.4 Å². The number of aryl methyl sites for hydroxylation is 6. The van der Waals surface area contributed by atoms with E-state index in [0.29, 0.717) is 0 Å². The lowest BCUT2D eigenvalue weighted by molar-refractivity contribution is 0.162. The second-order valence-electron chi connectivity index (χ2n) is 11.1. The molecular formula is C41H52N4O. The Morgan fingerprint density at radius 1 is 0.674 bits per heavy atom. The molecule has 2 heterocycles. The Kier molecular flexibility index (Phi) is 16.1. The first-order valence-electron chi connectivity index (χ1n) is 15.6. The molecule has 0 amide bonds. The van der Waals surface area contributed by atoms with Crippen molar-refractivity contribution in [1.29, 1.82) is 0 Å². The number of hydrogen-bond donors (Lipinski definition) is 1. The minimum Gasteiger partial charge on any atom is -0.382 e. The van der Waals surface area contributed by atoms with Crippen LogP contribution in [0.3, 0.4) is 0 Å². The van der Waals surface area contributed by atoms with Gasteiger partial charge < -0.3 is 10.1 Å². The highest BCUT2D eigenvalue weighted by Gasteiger charge is 2.17. The molecule has 5 nitrogen and oxygen atoms in total. The van der Waals surface area contributed by atoms with E-state index in [1.54, 1.807) is 6.20 Å². The fourth-order valence-electron chi connectivity index (χ4n) is 5.24. The van der Waals surface area contributed by atoms with Crippen LogP contribution in [0.1, 0.15) is 77.6 Å². The Bertz CT molecular complexity index is 1530. The summed E-state index contributed by atoms with van der Waals surface area (Å²) in [5.74, 6) is 0. The number of rotatable bonds is 8. The Morgan fingerprint density at radius 3 is 1.67 bits per heavy atom. The van der Waals surface area contributed by atoms with Crippen molar-refractivity contribution in [2.75, 3.05) is 18.5 Å². The van der Waals surface area contributed by atoms with Gasteiger partial charge in [0.15, 0.2) is 0 Å². The fraction of sp³-hybridized carbons (Fsp3) is 0.293. The molecule has 0 bridgehead atoms. The third kappa shape index (κ3) is 11.7. The molecule has 5 aromatic rings. The number of aromatic nitrogens is 2. The number of aliphatic imine (C=N–C) groups is 1. The summed E-state index contributed by atoms with van der Waals surface area (Å²) >= 11 is 0. The lowest BCUT2D eigenvalue weighted by Gasteiger charge is -2.23. The summed E-state index contributed by atoms with van der Waals surface area (Å²) < 4.78 is 4.83. The molecule has 0 saturated carbocycles. The highest BCUT2D eigenvalue weighted by atomic mass is 16.5. The van der Waals surface area contributed by atoms with Crippen LogP contribution in [0.15, 0.2) is 108 Å². The third-order valence-corrected chi connectivity index (χ3v) is 7.14. The zero-order valence-electron chi connectivity index (χ0n) is 28.1. The van der Waals surface area contributed by atoms with E-state index < -0.39 is 0 Å². The maximum absolute atomic E-state index is 4.83. The molecule has 0 radical (unpaired) electrons. The van der Waals surface area contributed by atoms with E-state index in [1.165, 1.54) is 44.6 Å². The zero-order valence-corrected chi connectivity index (χ0v) is 28.1. The maximum atomic E-state index is 4.83. The Labute approximate surface area is 277 Å². The quantitative estimate of drug-likeness (QED) is 0.176. The van der Waals surface area contributed by atoms with Crippen LogP contribution >= 0.6 is 0 Å². The van der Waals surface area contributed by atoms with Crippen molar-refractivity contribution < 1.29 is 4.74 Å². The van der Waals surface area contributed by atoms with E-state index in [-0.39, 0.29) is 13.5 Å². The first-order chi connectivity index (χ1) is 21.7. The van der Waals surface area contributed by atoms with Crippen molar-refractivity contribution in [3.8, 4) is 0 Å². The topological polar surface area (TPSA) is 59.4 Å². The number of hydrogen-bond acceptors (Lipinski definition) is 5. The Balaban J connectivity index is 0.000000283. The van der Waals surface area contributed by atoms with Gasteiger partial charge in [-0.2, -0.15) is 0 Å². The van der Waals surface area contributed by atoms with Crippen LogP contribution in [0.5, 0.6) is 0 Å². The molecular weight excluding hydrogens is 564 g/mol. The average molecular weight is 617 g/mol. The van der Waals surface area contributed by atoms with Crippen molar-refractivity contribution in [2.24, 2.45) is 4.99 Å². The van der Waals surface area contributed by atoms with Gasteiger partial charge in [-0.25, -0.2) is 0 Å². The minimum atomic E-state index is 0. The molecule has 46 heavy (non-hydrogen) atoms. The zero-order chi connectivity index (χ0) is 32.6. The summed E-state index contributed by atoms with van der Waals surface area (Å²) in [4.78, 5) is 13.3. The minimum absolute atomic E-state index is 0. The number of benzene rings is 3. The number of ether oxygens (including phenoxy) is 1. The monoisotopic (exact) mass is 616 g/mol. The summed E-state index contributed by atoms with van der Waals surface area (Å²) in [7, 11) is 0. The predicted molar refractivity (Wildman–Crippen MR) is 198 cm³/mol. The van der Waals surface area contributed by atoms with Gasteiger partial charge in [-0.3, -0.25) is 15.0 Å². The maximum Gasteiger partial charge on any atom is 0.0940 e. The van der Waals surface area contributed by atoms with Gasteiger partial charge >= 0.3 is 0 Å². The fourth-order valence-corrected chi connectivity index (χ4v) is 5.24. The smallest absolute Gasteiger partial charge is 0.0940 e. The molecule has 5 rings (SSSR count). The summed E-state index contributed by atoms with van der Waals surface area (Å²) in [5.41, 5.74) is 12.9. The third-order valence-electron chi connectivity index (χ3n) is 7.14. The number of nitrogens with one attached hydrogen (secondary N) is 1. The van der Waals surface area contributed by atoms with E-state index in [0.717, 1.165) is 30.3 Å². The molecule has 0 aliphatic heterocycles. The van der Waals surface area contributed by atoms with Crippen molar-refractivity contribution in [2.45, 2.75) is 68.9 Å². The van der Waals surface area contributed by atoms with Gasteiger partial charge in [-0.05, 0) is 107 Å². The molecule has 2 aromatic heterocycles. The molecule has 1 unspecified atom stereocenters. The number of anilines is 1. The summed E-state index contributed by atoms with van der Waals surface area (Å²) in [6, 6.07) is 31.1. The van der Waals surface area contributed by atoms with Crippen molar-refractivity contribution >= 4 is 17.6 Å². The van der Waals surface area contributed by atoms with Crippen LogP contribution < -0.4 is 5.32 Å². The number of nitrogens with zero attached hydrogens (tertiary/aromatic N) is 3. The lowest BCUT2D eigenvalue weighted by Crippen LogP contribution is -2.15. The van der Waals surface area contributed by atoms with E-state index >= 15 is 0 Å². The lowest BCUT2D eigenvalue weighted by atomic mass is 9.99. The normalized spacial score (nSPS) is 11.0. The predicted octanol–water partition coefficient (Wildman–Crippen LogP) is 10.6. The largest absolute Gasteiger partial charge is 0.382 e. The first kappa shape index (κ1) is 37.6. The van der Waals surface area contributed by atoms with Crippen LogP contribution in [-0.2, 0) is 4.74 Å². The second-order valence-corrected chi connectivity index (χ2v) is 11.1. The van der Waals surface area contributed by atoms with Gasteiger partial charge in [0.1, 0.15) is 0 Å². The molecule has 242 valence electrons. The Hall–Kier alpha value is -4.61. The second kappa shape index (κ2) is 19.7. The van der Waals surface area contributed by atoms with Gasteiger partial charge in [0.25, 0.3) is 0 Å². The molecule has 3 aromatic carbocycles. The van der Waals surface area contributed by atoms with Crippen molar-refractivity contribution in [3.63, 3.8) is 0 Å². The van der Waals surface area contributed by atoms with Gasteiger partial charge in [-0.15, -0.1) is 0 Å².